The number of hydrogen-bond acceptors (Lipinski definition) is 3. The number of H-pyrrole nitrogens is 1. The SMILES string of the molecule is CCCN1C[C@H](F)[C@H](Nc2ccc([C@@H]3c4[nH]c5ccccc5c4C[C@@H](C)N3C34CCC3CC4)cc2)C1. The quantitative estimate of drug-likeness (QED) is 0.430. The number of para-hydroxylation sites is 1. The van der Waals surface area contributed by atoms with Crippen LogP contribution in [0.1, 0.15) is 68.8 Å². The summed E-state index contributed by atoms with van der Waals surface area (Å²) in [7, 11) is 0. The van der Waals surface area contributed by atoms with Crippen molar-refractivity contribution in [2.45, 2.75) is 82.2 Å². The van der Waals surface area contributed by atoms with Crippen molar-refractivity contribution < 1.29 is 4.39 Å². The van der Waals surface area contributed by atoms with E-state index in [0.717, 1.165) is 37.5 Å². The number of alkyl halides is 1. The number of likely N-dealkylation sites (tertiary alicyclic amines) is 1. The number of nitrogens with one attached hydrogen (secondary N) is 2. The van der Waals surface area contributed by atoms with Crippen LogP contribution in [0.25, 0.3) is 10.9 Å². The highest BCUT2D eigenvalue weighted by molar-refractivity contribution is 5.85. The first-order chi connectivity index (χ1) is 17.6. The highest BCUT2D eigenvalue weighted by Gasteiger charge is 2.60. The van der Waals surface area contributed by atoms with Crippen molar-refractivity contribution in [2.75, 3.05) is 25.0 Å². The van der Waals surface area contributed by atoms with Crippen LogP contribution in [0.2, 0.25) is 0 Å². The summed E-state index contributed by atoms with van der Waals surface area (Å²) in [5.74, 6) is 0.865. The van der Waals surface area contributed by atoms with Gasteiger partial charge in [0.1, 0.15) is 6.17 Å². The van der Waals surface area contributed by atoms with E-state index in [-0.39, 0.29) is 12.1 Å². The standard InChI is InChI=1S/C31H39FN4/c1-3-16-35-18-26(32)28(19-35)33-23-10-8-21(9-11-23)30-29-25(24-6-4-5-7-27(24)34-29)17-20(2)36(30)31-14-12-22(31)13-15-31/h4-11,20,22,26,28,30,33-34H,3,12-19H2,1-2H3/t20-,22?,26+,28-,30-,31?/m1/s1. The van der Waals surface area contributed by atoms with Gasteiger partial charge in [0.2, 0.25) is 0 Å². The first-order valence-corrected chi connectivity index (χ1v) is 14.2. The molecule has 3 aromatic rings. The van der Waals surface area contributed by atoms with Gasteiger partial charge in [-0.1, -0.05) is 37.3 Å². The van der Waals surface area contributed by atoms with Gasteiger partial charge < -0.3 is 10.3 Å². The summed E-state index contributed by atoms with van der Waals surface area (Å²) in [5, 5.41) is 4.88. The molecule has 2 aliphatic heterocycles. The van der Waals surface area contributed by atoms with Gasteiger partial charge >= 0.3 is 0 Å². The van der Waals surface area contributed by atoms with Crippen LogP contribution in [0.4, 0.5) is 10.1 Å². The number of benzene rings is 2. The number of anilines is 1. The predicted molar refractivity (Wildman–Crippen MR) is 145 cm³/mol. The number of aromatic nitrogens is 1. The third-order valence-electron chi connectivity index (χ3n) is 9.94. The van der Waals surface area contributed by atoms with Crippen LogP contribution < -0.4 is 5.32 Å². The maximum absolute atomic E-state index is 14.7. The van der Waals surface area contributed by atoms with Crippen molar-refractivity contribution in [2.24, 2.45) is 5.92 Å². The van der Waals surface area contributed by atoms with Gasteiger partial charge in [0.15, 0.2) is 0 Å². The van der Waals surface area contributed by atoms with Crippen LogP contribution in [0.15, 0.2) is 48.5 Å². The monoisotopic (exact) mass is 486 g/mol. The lowest BCUT2D eigenvalue weighted by atomic mass is 9.51. The molecule has 1 aromatic heterocycles. The van der Waals surface area contributed by atoms with Crippen LogP contribution >= 0.6 is 0 Å². The average Bonchev–Trinajstić information content (AvgIpc) is 3.41. The van der Waals surface area contributed by atoms with Crippen LogP contribution in [0.3, 0.4) is 0 Å². The Morgan fingerprint density at radius 1 is 1.06 bits per heavy atom. The highest BCUT2D eigenvalue weighted by Crippen LogP contribution is 2.61. The van der Waals surface area contributed by atoms with Crippen LogP contribution in [-0.4, -0.2) is 58.2 Å². The van der Waals surface area contributed by atoms with Crippen molar-refractivity contribution in [1.82, 2.24) is 14.8 Å². The van der Waals surface area contributed by atoms with Crippen molar-refractivity contribution in [1.29, 1.82) is 0 Å². The molecule has 190 valence electrons. The van der Waals surface area contributed by atoms with E-state index in [0.29, 0.717) is 18.1 Å². The molecular weight excluding hydrogens is 447 g/mol. The Balaban J connectivity index is 1.22. The maximum Gasteiger partial charge on any atom is 0.134 e. The highest BCUT2D eigenvalue weighted by atomic mass is 19.1. The zero-order chi connectivity index (χ0) is 24.4. The molecule has 0 unspecified atom stereocenters. The summed E-state index contributed by atoms with van der Waals surface area (Å²) >= 11 is 0. The molecule has 0 bridgehead atoms. The second-order valence-electron chi connectivity index (χ2n) is 12.0. The Morgan fingerprint density at radius 2 is 1.83 bits per heavy atom. The van der Waals surface area contributed by atoms with Crippen molar-refractivity contribution >= 4 is 16.6 Å². The largest absolute Gasteiger partial charge is 0.378 e. The molecule has 4 atom stereocenters. The lowest BCUT2D eigenvalue weighted by Crippen LogP contribution is -2.69. The topological polar surface area (TPSA) is 34.3 Å². The van der Waals surface area contributed by atoms with Crippen molar-refractivity contribution in [3.05, 3.63) is 65.4 Å². The van der Waals surface area contributed by atoms with E-state index in [9.17, 15) is 4.39 Å². The predicted octanol–water partition coefficient (Wildman–Crippen LogP) is 6.29. The average molecular weight is 487 g/mol. The van der Waals surface area contributed by atoms with E-state index in [1.807, 2.05) is 0 Å². The molecule has 2 N–H and O–H groups in total. The molecule has 3 fully saturated rings. The Labute approximate surface area is 214 Å². The number of hydrogen-bond donors (Lipinski definition) is 2. The van der Waals surface area contributed by atoms with Crippen LogP contribution in [0.5, 0.6) is 0 Å². The lowest BCUT2D eigenvalue weighted by Gasteiger charge is -2.67. The first-order valence-electron chi connectivity index (χ1n) is 14.2. The van der Waals surface area contributed by atoms with Gasteiger partial charge in [-0.25, -0.2) is 4.39 Å². The van der Waals surface area contributed by atoms with E-state index < -0.39 is 6.17 Å². The molecule has 0 amide bonds. The molecule has 0 radical (unpaired) electrons. The Hall–Kier alpha value is -2.37. The van der Waals surface area contributed by atoms with E-state index in [2.05, 4.69) is 82.5 Å². The fourth-order valence-electron chi connectivity index (χ4n) is 8.04. The minimum absolute atomic E-state index is 0.126. The van der Waals surface area contributed by atoms with Gasteiger partial charge in [-0.05, 0) is 87.2 Å². The maximum atomic E-state index is 14.7. The summed E-state index contributed by atoms with van der Waals surface area (Å²) in [4.78, 5) is 8.99. The van der Waals surface area contributed by atoms with Gasteiger partial charge in [-0.15, -0.1) is 0 Å². The summed E-state index contributed by atoms with van der Waals surface area (Å²) in [5.41, 5.74) is 6.89. The normalized spacial score (nSPS) is 34.1. The van der Waals surface area contributed by atoms with E-state index in [1.165, 1.54) is 53.4 Å². The first kappa shape index (κ1) is 22.8. The summed E-state index contributed by atoms with van der Waals surface area (Å²) < 4.78 is 14.7. The molecule has 7 rings (SSSR count). The summed E-state index contributed by atoms with van der Waals surface area (Å²) in [6.07, 6.45) is 6.81. The molecule has 4 aliphatic rings. The fourth-order valence-corrected chi connectivity index (χ4v) is 8.04. The lowest BCUT2D eigenvalue weighted by molar-refractivity contribution is -0.153. The van der Waals surface area contributed by atoms with Crippen LogP contribution in [-0.2, 0) is 6.42 Å². The smallest absolute Gasteiger partial charge is 0.134 e. The third kappa shape index (κ3) is 3.39. The van der Waals surface area contributed by atoms with Gasteiger partial charge in [0.25, 0.3) is 0 Å². The minimum Gasteiger partial charge on any atom is -0.378 e. The Bertz CT molecular complexity index is 1240. The summed E-state index contributed by atoms with van der Waals surface area (Å²) in [6, 6.07) is 18.4. The van der Waals surface area contributed by atoms with Crippen molar-refractivity contribution in [3.63, 3.8) is 0 Å². The molecular formula is C31H39FN4. The third-order valence-corrected chi connectivity index (χ3v) is 9.94. The van der Waals surface area contributed by atoms with Gasteiger partial charge in [-0.3, -0.25) is 9.80 Å². The number of fused-ring (bicyclic) bond motifs is 4. The van der Waals surface area contributed by atoms with Crippen LogP contribution in [0, 0.1) is 5.92 Å². The van der Waals surface area contributed by atoms with Crippen molar-refractivity contribution in [3.8, 4) is 0 Å². The fraction of sp³-hybridized carbons (Fsp3) is 0.548. The van der Waals surface area contributed by atoms with E-state index >= 15 is 0 Å². The molecule has 2 aliphatic carbocycles. The van der Waals surface area contributed by atoms with Gasteiger partial charge in [0, 0.05) is 47.0 Å². The van der Waals surface area contributed by atoms with Gasteiger partial charge in [-0.2, -0.15) is 0 Å². The Morgan fingerprint density at radius 3 is 2.53 bits per heavy atom. The zero-order valence-corrected chi connectivity index (χ0v) is 21.6. The molecule has 1 saturated heterocycles. The second kappa shape index (κ2) is 8.59. The summed E-state index contributed by atoms with van der Waals surface area (Å²) in [6.45, 7) is 6.91. The zero-order valence-electron chi connectivity index (χ0n) is 21.6. The number of nitrogens with zero attached hydrogens (tertiary/aromatic N) is 2. The molecule has 5 heteroatoms. The Kier molecular flexibility index (Phi) is 5.44. The number of rotatable bonds is 6. The molecule has 4 nitrogen and oxygen atoms in total. The molecule has 0 spiro atoms. The van der Waals surface area contributed by atoms with E-state index in [1.54, 1.807) is 0 Å². The minimum atomic E-state index is -0.812. The molecule has 36 heavy (non-hydrogen) atoms. The number of halogens is 1. The van der Waals surface area contributed by atoms with E-state index in [4.69, 9.17) is 0 Å². The molecule has 2 saturated carbocycles. The number of aromatic amines is 1. The molecule has 3 heterocycles. The second-order valence-corrected chi connectivity index (χ2v) is 12.0. The molecule has 2 aromatic carbocycles. The van der Waals surface area contributed by atoms with Gasteiger partial charge in [0.05, 0.1) is 12.1 Å².